The van der Waals surface area contributed by atoms with E-state index < -0.39 is 0 Å². The zero-order valence-corrected chi connectivity index (χ0v) is 11.6. The first-order chi connectivity index (χ1) is 10.7. The molecule has 0 spiro atoms. The Morgan fingerprint density at radius 3 is 1.68 bits per heavy atom. The summed E-state index contributed by atoms with van der Waals surface area (Å²) in [5.41, 5.74) is 0.0146. The molecule has 0 aromatic heterocycles. The van der Waals surface area contributed by atoms with Crippen LogP contribution >= 0.6 is 0 Å². The fraction of sp³-hybridized carbons (Fsp3) is 0. The number of hydrogen-bond donors (Lipinski definition) is 0. The van der Waals surface area contributed by atoms with E-state index in [2.05, 4.69) is 4.99 Å². The Bertz CT molecular complexity index is 1080. The normalized spacial score (nSPS) is 11.1. The third-order valence-corrected chi connectivity index (χ3v) is 3.80. The summed E-state index contributed by atoms with van der Waals surface area (Å²) in [7, 11) is 0. The summed E-state index contributed by atoms with van der Waals surface area (Å²) in [6.07, 6.45) is 0. The highest BCUT2D eigenvalue weighted by Gasteiger charge is 2.11. The molecule has 3 heteroatoms. The minimum Gasteiger partial charge on any atom is -0.287 e. The fourth-order valence-corrected chi connectivity index (χ4v) is 2.71. The first kappa shape index (κ1) is 12.7. The minimum atomic E-state index is -0.297. The predicted octanol–water partition coefficient (Wildman–Crippen LogP) is 2.82. The van der Waals surface area contributed by atoms with Gasteiger partial charge in [-0.15, -0.1) is 0 Å². The molecule has 0 bridgehead atoms. The average molecular weight is 285 g/mol. The van der Waals surface area contributed by atoms with Gasteiger partial charge in [0.2, 0.25) is 10.9 Å². The molecule has 0 N–H and O–H groups in total. The lowest BCUT2D eigenvalue weighted by atomic mass is 10.1. The van der Waals surface area contributed by atoms with Crippen LogP contribution < -0.4 is 16.2 Å². The molecule has 0 radical (unpaired) electrons. The monoisotopic (exact) mass is 285 g/mol. The van der Waals surface area contributed by atoms with Gasteiger partial charge in [0.25, 0.3) is 0 Å². The summed E-state index contributed by atoms with van der Waals surface area (Å²) in [5.74, 6) is 0. The van der Waals surface area contributed by atoms with Crippen molar-refractivity contribution >= 4 is 27.2 Å². The molecule has 0 heterocycles. The lowest BCUT2D eigenvalue weighted by Gasteiger charge is -1.96. The van der Waals surface area contributed by atoms with Gasteiger partial charge in [0.1, 0.15) is 0 Å². The van der Waals surface area contributed by atoms with Crippen molar-refractivity contribution < 1.29 is 0 Å². The molecule has 0 saturated carbocycles. The van der Waals surface area contributed by atoms with Gasteiger partial charge >= 0.3 is 0 Å². The van der Waals surface area contributed by atoms with E-state index in [-0.39, 0.29) is 16.2 Å². The topological polar surface area (TPSA) is 46.5 Å². The van der Waals surface area contributed by atoms with Crippen molar-refractivity contribution in [2.24, 2.45) is 4.99 Å². The van der Waals surface area contributed by atoms with Crippen LogP contribution in [0.2, 0.25) is 0 Å². The summed E-state index contributed by atoms with van der Waals surface area (Å²) in [6, 6.07) is 20.3. The van der Waals surface area contributed by atoms with Crippen LogP contribution in [0.5, 0.6) is 0 Å². The standard InChI is InChI=1S/C19H11NO2/c21-18-15-10-12-6-4-5-7-13(12)11-16(15)19(22)17(18)20-14-8-2-1-3-9-14/h1-11H. The summed E-state index contributed by atoms with van der Waals surface area (Å²) >= 11 is 0. The summed E-state index contributed by atoms with van der Waals surface area (Å²) < 4.78 is 0. The maximum atomic E-state index is 12.5. The van der Waals surface area contributed by atoms with Gasteiger partial charge in [0, 0.05) is 10.8 Å². The van der Waals surface area contributed by atoms with Crippen LogP contribution in [0.3, 0.4) is 0 Å². The Morgan fingerprint density at radius 2 is 1.14 bits per heavy atom. The predicted molar refractivity (Wildman–Crippen MR) is 88.0 cm³/mol. The van der Waals surface area contributed by atoms with Gasteiger partial charge in [0.15, 0.2) is 5.36 Å². The maximum Gasteiger partial charge on any atom is 0.216 e. The van der Waals surface area contributed by atoms with Gasteiger partial charge in [0.05, 0.1) is 5.69 Å². The molecule has 0 saturated heterocycles. The van der Waals surface area contributed by atoms with Crippen molar-refractivity contribution in [1.29, 1.82) is 0 Å². The van der Waals surface area contributed by atoms with Crippen LogP contribution in [0.15, 0.2) is 81.3 Å². The van der Waals surface area contributed by atoms with Crippen molar-refractivity contribution in [3.63, 3.8) is 0 Å². The molecule has 0 atom stereocenters. The second-order valence-corrected chi connectivity index (χ2v) is 5.20. The number of benzene rings is 3. The van der Waals surface area contributed by atoms with Crippen molar-refractivity contribution in [3.05, 3.63) is 92.5 Å². The minimum absolute atomic E-state index is 0.00324. The molecule has 4 aromatic rings. The fourth-order valence-electron chi connectivity index (χ4n) is 2.71. The summed E-state index contributed by atoms with van der Waals surface area (Å²) in [6.45, 7) is 0. The third kappa shape index (κ3) is 1.87. The number of para-hydroxylation sites is 1. The van der Waals surface area contributed by atoms with Crippen LogP contribution in [0.1, 0.15) is 0 Å². The summed E-state index contributed by atoms with van der Waals surface area (Å²) in [5, 5.41) is 2.78. The molecule has 4 aromatic carbocycles. The van der Waals surface area contributed by atoms with Crippen molar-refractivity contribution in [2.75, 3.05) is 0 Å². The highest BCUT2D eigenvalue weighted by molar-refractivity contribution is 5.98. The van der Waals surface area contributed by atoms with E-state index in [0.717, 1.165) is 10.8 Å². The van der Waals surface area contributed by atoms with E-state index in [1.807, 2.05) is 42.5 Å². The van der Waals surface area contributed by atoms with Gasteiger partial charge in [-0.05, 0) is 35.0 Å². The van der Waals surface area contributed by atoms with Crippen LogP contribution in [0.4, 0.5) is 5.69 Å². The summed E-state index contributed by atoms with van der Waals surface area (Å²) in [4.78, 5) is 29.3. The molecule has 0 aliphatic rings. The highest BCUT2D eigenvalue weighted by Crippen LogP contribution is 2.18. The molecule has 0 fully saturated rings. The van der Waals surface area contributed by atoms with Gasteiger partial charge in [-0.2, -0.15) is 0 Å². The molecule has 0 amide bonds. The average Bonchev–Trinajstić information content (AvgIpc) is 2.79. The number of hydrogen-bond acceptors (Lipinski definition) is 3. The number of rotatable bonds is 1. The first-order valence-corrected chi connectivity index (χ1v) is 7.00. The second kappa shape index (κ2) is 4.74. The lowest BCUT2D eigenvalue weighted by Crippen LogP contribution is -2.31. The molecule has 0 unspecified atom stereocenters. The quantitative estimate of drug-likeness (QED) is 0.540. The van der Waals surface area contributed by atoms with E-state index in [0.29, 0.717) is 16.5 Å². The van der Waals surface area contributed by atoms with Gasteiger partial charge < -0.3 is 0 Å². The van der Waals surface area contributed by atoms with E-state index >= 15 is 0 Å². The van der Waals surface area contributed by atoms with E-state index in [1.165, 1.54) is 0 Å². The van der Waals surface area contributed by atoms with Crippen molar-refractivity contribution in [1.82, 2.24) is 0 Å². The van der Waals surface area contributed by atoms with Crippen LogP contribution in [0, 0.1) is 0 Å². The Labute approximate surface area is 125 Å². The second-order valence-electron chi connectivity index (χ2n) is 5.20. The molecular weight excluding hydrogens is 274 g/mol. The smallest absolute Gasteiger partial charge is 0.216 e. The molecule has 3 nitrogen and oxygen atoms in total. The lowest BCUT2D eigenvalue weighted by molar-refractivity contribution is 1.31. The first-order valence-electron chi connectivity index (χ1n) is 7.00. The molecule has 0 aliphatic heterocycles. The largest absolute Gasteiger partial charge is 0.287 e. The van der Waals surface area contributed by atoms with Crippen molar-refractivity contribution in [2.45, 2.75) is 0 Å². The number of fused-ring (bicyclic) bond motifs is 2. The van der Waals surface area contributed by atoms with E-state index in [9.17, 15) is 9.59 Å². The zero-order chi connectivity index (χ0) is 15.1. The van der Waals surface area contributed by atoms with Crippen LogP contribution in [0.25, 0.3) is 21.5 Å². The Hall–Kier alpha value is -3.07. The Kier molecular flexibility index (Phi) is 2.73. The Balaban J connectivity index is 2.13. The van der Waals surface area contributed by atoms with E-state index in [4.69, 9.17) is 0 Å². The van der Waals surface area contributed by atoms with E-state index in [1.54, 1.807) is 24.3 Å². The molecule has 0 aliphatic carbocycles. The SMILES string of the molecule is O=c1c(=Nc2ccccc2)c(=O)c2cc3ccccc3cc12. The van der Waals surface area contributed by atoms with Crippen LogP contribution in [-0.2, 0) is 0 Å². The molecular formula is C19H11NO2. The van der Waals surface area contributed by atoms with Crippen molar-refractivity contribution in [3.8, 4) is 0 Å². The maximum absolute atomic E-state index is 12.5. The highest BCUT2D eigenvalue weighted by atomic mass is 16.1. The van der Waals surface area contributed by atoms with Gasteiger partial charge in [-0.25, -0.2) is 4.99 Å². The zero-order valence-electron chi connectivity index (χ0n) is 11.6. The Morgan fingerprint density at radius 1 is 0.636 bits per heavy atom. The number of nitrogens with zero attached hydrogens (tertiary/aromatic N) is 1. The molecule has 104 valence electrons. The van der Waals surface area contributed by atoms with Gasteiger partial charge in [-0.3, -0.25) is 9.59 Å². The van der Waals surface area contributed by atoms with Gasteiger partial charge in [-0.1, -0.05) is 42.5 Å². The third-order valence-electron chi connectivity index (χ3n) is 3.80. The molecule has 22 heavy (non-hydrogen) atoms. The molecule has 4 rings (SSSR count). The van der Waals surface area contributed by atoms with Crippen LogP contribution in [-0.4, -0.2) is 0 Å².